The molecule has 0 saturated carbocycles. The molecule has 10 heteroatoms. The Labute approximate surface area is 167 Å². The van der Waals surface area contributed by atoms with Crippen molar-refractivity contribution in [2.75, 3.05) is 21.3 Å². The van der Waals surface area contributed by atoms with Crippen LogP contribution >= 0.6 is 0 Å². The van der Waals surface area contributed by atoms with Crippen molar-refractivity contribution in [2.24, 2.45) is 0 Å². The number of rotatable bonds is 7. The summed E-state index contributed by atoms with van der Waals surface area (Å²) in [5, 5.41) is 12.7. The second kappa shape index (κ2) is 7.74. The van der Waals surface area contributed by atoms with Crippen LogP contribution in [0.2, 0.25) is 0 Å². The van der Waals surface area contributed by atoms with Crippen molar-refractivity contribution >= 4 is 11.2 Å². The Hall–Kier alpha value is -3.69. The molecule has 0 saturated heterocycles. The predicted molar refractivity (Wildman–Crippen MR) is 105 cm³/mol. The van der Waals surface area contributed by atoms with Gasteiger partial charge in [0.25, 0.3) is 0 Å². The summed E-state index contributed by atoms with van der Waals surface area (Å²) in [6, 6.07) is 3.59. The molecule has 1 aromatic carbocycles. The summed E-state index contributed by atoms with van der Waals surface area (Å²) in [5.74, 6) is 2.20. The number of hydrogen-bond acceptors (Lipinski definition) is 8. The highest BCUT2D eigenvalue weighted by atomic mass is 16.5. The van der Waals surface area contributed by atoms with Gasteiger partial charge >= 0.3 is 0 Å². The van der Waals surface area contributed by atoms with Crippen LogP contribution in [0, 0.1) is 0 Å². The first-order valence-electron chi connectivity index (χ1n) is 9.05. The monoisotopic (exact) mass is 395 g/mol. The quantitative estimate of drug-likeness (QED) is 0.468. The summed E-state index contributed by atoms with van der Waals surface area (Å²) in [4.78, 5) is 9.08. The van der Waals surface area contributed by atoms with Gasteiger partial charge in [-0.3, -0.25) is 4.68 Å². The molecule has 29 heavy (non-hydrogen) atoms. The molecule has 3 heterocycles. The van der Waals surface area contributed by atoms with Crippen LogP contribution in [0.1, 0.15) is 18.3 Å². The van der Waals surface area contributed by atoms with E-state index in [4.69, 9.17) is 14.2 Å². The van der Waals surface area contributed by atoms with Crippen LogP contribution in [0.15, 0.2) is 30.7 Å². The molecular weight excluding hydrogens is 374 g/mol. The summed E-state index contributed by atoms with van der Waals surface area (Å²) >= 11 is 0. The zero-order valence-electron chi connectivity index (χ0n) is 16.7. The van der Waals surface area contributed by atoms with E-state index in [-0.39, 0.29) is 0 Å². The van der Waals surface area contributed by atoms with Crippen LogP contribution in [-0.2, 0) is 13.0 Å². The van der Waals surface area contributed by atoms with Crippen molar-refractivity contribution in [2.45, 2.75) is 19.9 Å². The molecule has 0 unspecified atom stereocenters. The van der Waals surface area contributed by atoms with Gasteiger partial charge in [-0.1, -0.05) is 5.21 Å². The Kier molecular flexibility index (Phi) is 4.98. The molecule has 0 aliphatic heterocycles. The number of hydrogen-bond donors (Lipinski definition) is 0. The normalized spacial score (nSPS) is 11.0. The largest absolute Gasteiger partial charge is 0.493 e. The SMILES string of the molecule is CCn1cc(Cc2ncc3nnn(-c4cc(OC)c(OC)c(OC)c4)c3n2)cn1. The maximum Gasteiger partial charge on any atom is 0.203 e. The van der Waals surface area contributed by atoms with E-state index in [2.05, 4.69) is 25.4 Å². The molecule has 3 aromatic heterocycles. The Bertz CT molecular complexity index is 1130. The lowest BCUT2D eigenvalue weighted by Crippen LogP contribution is -2.03. The molecule has 0 atom stereocenters. The number of ether oxygens (including phenoxy) is 3. The van der Waals surface area contributed by atoms with Gasteiger partial charge in [0.05, 0.1) is 39.4 Å². The van der Waals surface area contributed by atoms with Crippen molar-refractivity contribution < 1.29 is 14.2 Å². The topological polar surface area (TPSA) is 102 Å². The number of aryl methyl sites for hydroxylation is 1. The number of methoxy groups -OCH3 is 3. The van der Waals surface area contributed by atoms with Crippen LogP contribution in [0.25, 0.3) is 16.9 Å². The fourth-order valence-corrected chi connectivity index (χ4v) is 3.07. The fraction of sp³-hybridized carbons (Fsp3) is 0.316. The van der Waals surface area contributed by atoms with Crippen molar-refractivity contribution in [3.63, 3.8) is 0 Å². The van der Waals surface area contributed by atoms with E-state index >= 15 is 0 Å². The highest BCUT2D eigenvalue weighted by molar-refractivity contribution is 5.71. The average molecular weight is 395 g/mol. The van der Waals surface area contributed by atoms with Crippen molar-refractivity contribution in [1.29, 1.82) is 0 Å². The zero-order chi connectivity index (χ0) is 20.4. The van der Waals surface area contributed by atoms with E-state index < -0.39 is 0 Å². The van der Waals surface area contributed by atoms with Crippen LogP contribution in [0.4, 0.5) is 0 Å². The maximum absolute atomic E-state index is 5.44. The Morgan fingerprint density at radius 2 is 1.76 bits per heavy atom. The summed E-state index contributed by atoms with van der Waals surface area (Å²) in [6.45, 7) is 2.86. The van der Waals surface area contributed by atoms with Gasteiger partial charge in [-0.15, -0.1) is 5.10 Å². The minimum atomic E-state index is 0.506. The molecule has 0 spiro atoms. The highest BCUT2D eigenvalue weighted by Crippen LogP contribution is 2.39. The molecule has 0 radical (unpaired) electrons. The minimum absolute atomic E-state index is 0.506. The second-order valence-corrected chi connectivity index (χ2v) is 6.26. The molecule has 0 fully saturated rings. The van der Waals surface area contributed by atoms with Gasteiger partial charge in [-0.2, -0.15) is 9.78 Å². The van der Waals surface area contributed by atoms with Crippen LogP contribution < -0.4 is 14.2 Å². The second-order valence-electron chi connectivity index (χ2n) is 6.26. The van der Waals surface area contributed by atoms with Crippen molar-refractivity contribution in [3.05, 3.63) is 42.1 Å². The first-order valence-corrected chi connectivity index (χ1v) is 9.05. The molecule has 0 aliphatic rings. The zero-order valence-corrected chi connectivity index (χ0v) is 16.7. The molecule has 150 valence electrons. The lowest BCUT2D eigenvalue weighted by Gasteiger charge is -2.14. The fourth-order valence-electron chi connectivity index (χ4n) is 3.07. The van der Waals surface area contributed by atoms with Crippen LogP contribution in [0.5, 0.6) is 17.2 Å². The first kappa shape index (κ1) is 18.7. The third-order valence-corrected chi connectivity index (χ3v) is 4.51. The Balaban J connectivity index is 1.76. The van der Waals surface area contributed by atoms with E-state index in [9.17, 15) is 0 Å². The molecule has 0 bridgehead atoms. The molecule has 0 aliphatic carbocycles. The smallest absolute Gasteiger partial charge is 0.203 e. The number of nitrogens with zero attached hydrogens (tertiary/aromatic N) is 7. The van der Waals surface area contributed by atoms with Gasteiger partial charge < -0.3 is 14.2 Å². The van der Waals surface area contributed by atoms with Gasteiger partial charge in [-0.05, 0) is 12.5 Å². The summed E-state index contributed by atoms with van der Waals surface area (Å²) in [5.41, 5.74) is 2.90. The average Bonchev–Trinajstić information content (AvgIpc) is 3.39. The van der Waals surface area contributed by atoms with Crippen molar-refractivity contribution in [1.82, 2.24) is 34.7 Å². The van der Waals surface area contributed by atoms with E-state index in [1.807, 2.05) is 24.0 Å². The molecule has 4 rings (SSSR count). The molecule has 0 N–H and O–H groups in total. The first-order chi connectivity index (χ1) is 14.2. The molecular formula is C19H21N7O3. The van der Waals surface area contributed by atoms with Crippen LogP contribution in [-0.4, -0.2) is 56.1 Å². The molecule has 4 aromatic rings. The van der Waals surface area contributed by atoms with E-state index in [0.29, 0.717) is 46.3 Å². The maximum atomic E-state index is 5.44. The number of fused-ring (bicyclic) bond motifs is 1. The van der Waals surface area contributed by atoms with Crippen LogP contribution in [0.3, 0.4) is 0 Å². The molecule has 10 nitrogen and oxygen atoms in total. The summed E-state index contributed by atoms with van der Waals surface area (Å²) in [6.07, 6.45) is 6.05. The van der Waals surface area contributed by atoms with Gasteiger partial charge in [0.15, 0.2) is 22.7 Å². The van der Waals surface area contributed by atoms with Gasteiger partial charge in [0, 0.05) is 31.3 Å². The Morgan fingerprint density at radius 1 is 1.00 bits per heavy atom. The van der Waals surface area contributed by atoms with Gasteiger partial charge in [-0.25, -0.2) is 9.97 Å². The lowest BCUT2D eigenvalue weighted by molar-refractivity contribution is 0.324. The van der Waals surface area contributed by atoms with Gasteiger partial charge in [0.2, 0.25) is 5.75 Å². The van der Waals surface area contributed by atoms with E-state index in [0.717, 1.165) is 12.1 Å². The highest BCUT2D eigenvalue weighted by Gasteiger charge is 2.17. The standard InChI is InChI=1S/C19H21N7O3/c1-5-25-11-12(9-21-25)6-17-20-10-14-19(22-17)26(24-23-14)13-7-15(27-2)18(29-4)16(8-13)28-3/h7-11H,5-6H2,1-4H3. The Morgan fingerprint density at radius 3 is 2.38 bits per heavy atom. The predicted octanol–water partition coefficient (Wildman–Crippen LogP) is 2.04. The lowest BCUT2D eigenvalue weighted by atomic mass is 10.2. The summed E-state index contributed by atoms with van der Waals surface area (Å²) < 4.78 is 19.8. The third-order valence-electron chi connectivity index (χ3n) is 4.51. The van der Waals surface area contributed by atoms with E-state index in [1.54, 1.807) is 44.3 Å². The minimum Gasteiger partial charge on any atom is -0.493 e. The van der Waals surface area contributed by atoms with E-state index in [1.165, 1.54) is 0 Å². The number of benzene rings is 1. The van der Waals surface area contributed by atoms with Crippen molar-refractivity contribution in [3.8, 4) is 22.9 Å². The third kappa shape index (κ3) is 3.44. The summed E-state index contributed by atoms with van der Waals surface area (Å²) in [7, 11) is 4.69. The molecule has 0 amide bonds. The number of aromatic nitrogens is 7. The van der Waals surface area contributed by atoms with Gasteiger partial charge in [0.1, 0.15) is 5.82 Å².